The van der Waals surface area contributed by atoms with Crippen LogP contribution in [0.4, 0.5) is 10.1 Å². The van der Waals surface area contributed by atoms with Crippen molar-refractivity contribution in [3.05, 3.63) is 70.0 Å². The van der Waals surface area contributed by atoms with Crippen molar-refractivity contribution in [1.29, 1.82) is 0 Å². The average molecular weight is 387 g/mol. The number of aryl methyl sites for hydroxylation is 2. The van der Waals surface area contributed by atoms with E-state index in [0.717, 1.165) is 40.3 Å². The lowest BCUT2D eigenvalue weighted by atomic mass is 10.0. The van der Waals surface area contributed by atoms with E-state index in [9.17, 15) is 4.39 Å². The molecule has 4 rings (SSSR count). The van der Waals surface area contributed by atoms with Gasteiger partial charge in [0.15, 0.2) is 0 Å². The molecule has 0 bridgehead atoms. The molecule has 1 aliphatic heterocycles. The molecule has 0 radical (unpaired) electrons. The molecule has 0 fully saturated rings. The van der Waals surface area contributed by atoms with Crippen molar-refractivity contribution < 1.29 is 4.39 Å². The van der Waals surface area contributed by atoms with Crippen LogP contribution in [0.25, 0.3) is 5.69 Å². The Labute approximate surface area is 147 Å². The fourth-order valence-corrected chi connectivity index (χ4v) is 3.59. The predicted molar refractivity (Wildman–Crippen MR) is 94.9 cm³/mol. The highest BCUT2D eigenvalue weighted by Gasteiger charge is 2.24. The molecule has 1 unspecified atom stereocenters. The molecule has 1 aromatic heterocycles. The molecule has 2 aromatic carbocycles. The molecule has 122 valence electrons. The average Bonchev–Trinajstić information content (AvgIpc) is 2.86. The topological polar surface area (TPSA) is 42.7 Å². The fourth-order valence-electron chi connectivity index (χ4n) is 3.22. The molecule has 24 heavy (non-hydrogen) atoms. The van der Waals surface area contributed by atoms with Crippen LogP contribution in [0.5, 0.6) is 0 Å². The van der Waals surface area contributed by atoms with Crippen molar-refractivity contribution in [3.63, 3.8) is 0 Å². The molecule has 0 aliphatic carbocycles. The number of nitrogens with zero attached hydrogens (tertiary/aromatic N) is 3. The van der Waals surface area contributed by atoms with E-state index in [2.05, 4.69) is 48.1 Å². The number of fused-ring (bicyclic) bond motifs is 3. The monoisotopic (exact) mass is 386 g/mol. The van der Waals surface area contributed by atoms with E-state index in [4.69, 9.17) is 0 Å². The van der Waals surface area contributed by atoms with Crippen LogP contribution >= 0.6 is 15.9 Å². The third-order valence-corrected chi connectivity index (χ3v) is 4.83. The number of nitrogens with one attached hydrogen (secondary N) is 1. The van der Waals surface area contributed by atoms with E-state index in [-0.39, 0.29) is 11.9 Å². The summed E-state index contributed by atoms with van der Waals surface area (Å²) in [6.07, 6.45) is 1.71. The minimum atomic E-state index is -0.230. The third kappa shape index (κ3) is 2.71. The van der Waals surface area contributed by atoms with Gasteiger partial charge < -0.3 is 5.32 Å². The van der Waals surface area contributed by atoms with Crippen LogP contribution in [-0.4, -0.2) is 14.8 Å². The summed E-state index contributed by atoms with van der Waals surface area (Å²) >= 11 is 3.57. The lowest BCUT2D eigenvalue weighted by molar-refractivity contribution is 0.627. The van der Waals surface area contributed by atoms with Crippen molar-refractivity contribution in [2.24, 2.45) is 0 Å². The molecule has 4 nitrogen and oxygen atoms in total. The van der Waals surface area contributed by atoms with E-state index in [1.54, 1.807) is 12.1 Å². The van der Waals surface area contributed by atoms with E-state index < -0.39 is 0 Å². The van der Waals surface area contributed by atoms with Crippen LogP contribution in [0.3, 0.4) is 0 Å². The number of benzene rings is 2. The molecule has 1 aliphatic rings. The highest BCUT2D eigenvalue weighted by Crippen LogP contribution is 2.35. The number of rotatable bonds is 2. The Morgan fingerprint density at radius 2 is 1.96 bits per heavy atom. The third-order valence-electron chi connectivity index (χ3n) is 4.34. The second kappa shape index (κ2) is 6.02. The first-order valence-corrected chi connectivity index (χ1v) is 8.64. The summed E-state index contributed by atoms with van der Waals surface area (Å²) in [5, 5.41) is 12.1. The minimum Gasteiger partial charge on any atom is -0.378 e. The van der Waals surface area contributed by atoms with Gasteiger partial charge in [0.1, 0.15) is 17.5 Å². The number of halogens is 2. The Morgan fingerprint density at radius 1 is 1.17 bits per heavy atom. The second-order valence-electron chi connectivity index (χ2n) is 5.94. The molecule has 1 N–H and O–H groups in total. The Bertz CT molecular complexity index is 889. The summed E-state index contributed by atoms with van der Waals surface area (Å²) in [6.45, 7) is 1.97. The van der Waals surface area contributed by atoms with Gasteiger partial charge in [0, 0.05) is 16.6 Å². The van der Waals surface area contributed by atoms with Gasteiger partial charge in [0.05, 0.1) is 11.7 Å². The summed E-state index contributed by atoms with van der Waals surface area (Å²) in [5.74, 6) is 1.63. The Morgan fingerprint density at radius 3 is 2.75 bits per heavy atom. The van der Waals surface area contributed by atoms with Crippen LogP contribution in [0.2, 0.25) is 0 Å². The lowest BCUT2D eigenvalue weighted by Crippen LogP contribution is -2.12. The molecule has 0 spiro atoms. The van der Waals surface area contributed by atoms with Gasteiger partial charge in [-0.1, -0.05) is 15.9 Å². The molecule has 0 amide bonds. The number of hydrogen-bond donors (Lipinski definition) is 1. The second-order valence-corrected chi connectivity index (χ2v) is 6.86. The van der Waals surface area contributed by atoms with Gasteiger partial charge in [-0.15, -0.1) is 10.2 Å². The molecular formula is C18H16BrFN4. The van der Waals surface area contributed by atoms with E-state index in [1.807, 2.05) is 13.0 Å². The van der Waals surface area contributed by atoms with Crippen LogP contribution in [-0.2, 0) is 6.42 Å². The van der Waals surface area contributed by atoms with Gasteiger partial charge in [0.25, 0.3) is 0 Å². The fraction of sp³-hybridized carbons (Fsp3) is 0.222. The van der Waals surface area contributed by atoms with E-state index in [1.165, 1.54) is 17.7 Å². The molecule has 6 heteroatoms. The van der Waals surface area contributed by atoms with Crippen LogP contribution in [0.15, 0.2) is 46.9 Å². The van der Waals surface area contributed by atoms with Gasteiger partial charge in [-0.2, -0.15) is 0 Å². The Hall–Kier alpha value is -2.21. The summed E-state index contributed by atoms with van der Waals surface area (Å²) in [7, 11) is 0. The summed E-state index contributed by atoms with van der Waals surface area (Å²) < 4.78 is 16.3. The number of anilines is 1. The molecule has 3 aromatic rings. The number of aromatic nitrogens is 3. The zero-order chi connectivity index (χ0) is 16.7. The molecule has 0 saturated carbocycles. The molecule has 0 saturated heterocycles. The predicted octanol–water partition coefficient (Wildman–Crippen LogP) is 4.58. The molecular weight excluding hydrogens is 371 g/mol. The highest BCUT2D eigenvalue weighted by atomic mass is 79.9. The van der Waals surface area contributed by atoms with Gasteiger partial charge in [-0.25, -0.2) is 4.39 Å². The smallest absolute Gasteiger partial charge is 0.137 e. The summed E-state index contributed by atoms with van der Waals surface area (Å²) in [6, 6.07) is 12.8. The maximum atomic E-state index is 13.2. The minimum absolute atomic E-state index is 0.115. The summed E-state index contributed by atoms with van der Waals surface area (Å²) in [4.78, 5) is 0. The normalized spacial score (nSPS) is 16.2. The Kier molecular flexibility index (Phi) is 3.84. The first kappa shape index (κ1) is 15.3. The van der Waals surface area contributed by atoms with Crippen molar-refractivity contribution in [2.75, 3.05) is 5.32 Å². The maximum absolute atomic E-state index is 13.2. The largest absolute Gasteiger partial charge is 0.378 e. The zero-order valence-corrected chi connectivity index (χ0v) is 14.7. The number of hydrogen-bond acceptors (Lipinski definition) is 3. The van der Waals surface area contributed by atoms with Gasteiger partial charge >= 0.3 is 0 Å². The van der Waals surface area contributed by atoms with Crippen LogP contribution in [0.1, 0.15) is 29.7 Å². The van der Waals surface area contributed by atoms with Crippen LogP contribution in [0, 0.1) is 12.7 Å². The van der Waals surface area contributed by atoms with Crippen LogP contribution < -0.4 is 5.32 Å². The van der Waals surface area contributed by atoms with Gasteiger partial charge in [-0.05, 0) is 61.4 Å². The highest BCUT2D eigenvalue weighted by molar-refractivity contribution is 9.10. The first-order valence-electron chi connectivity index (χ1n) is 7.84. The van der Waals surface area contributed by atoms with Crippen molar-refractivity contribution in [3.8, 4) is 5.69 Å². The first-order chi connectivity index (χ1) is 11.6. The van der Waals surface area contributed by atoms with Gasteiger partial charge in [-0.3, -0.25) is 4.57 Å². The molecule has 2 heterocycles. The lowest BCUT2D eigenvalue weighted by Gasteiger charge is -2.21. The maximum Gasteiger partial charge on any atom is 0.137 e. The van der Waals surface area contributed by atoms with Crippen molar-refractivity contribution in [2.45, 2.75) is 25.8 Å². The molecule has 1 atom stereocenters. The zero-order valence-electron chi connectivity index (χ0n) is 13.1. The van der Waals surface area contributed by atoms with Crippen molar-refractivity contribution >= 4 is 21.6 Å². The van der Waals surface area contributed by atoms with E-state index >= 15 is 0 Å². The summed E-state index contributed by atoms with van der Waals surface area (Å²) in [5.41, 5.74) is 3.17. The quantitative estimate of drug-likeness (QED) is 0.700. The Balaban J connectivity index is 1.78. The van der Waals surface area contributed by atoms with Crippen molar-refractivity contribution in [1.82, 2.24) is 14.8 Å². The standard InChI is InChI=1S/C18H16BrFN4/c1-11-22-23-18-9-7-16(21-14-5-3-13(20)4-6-14)15-10-12(19)2-8-17(15)24(11)18/h2-6,8,10,16,21H,7,9H2,1H3. The SMILES string of the molecule is Cc1nnc2n1-c1ccc(Br)cc1C(Nc1ccc(F)cc1)CC2. The van der Waals surface area contributed by atoms with E-state index in [0.29, 0.717) is 0 Å². The van der Waals surface area contributed by atoms with Gasteiger partial charge in [0.2, 0.25) is 0 Å².